The monoisotopic (exact) mass is 358 g/mol. The number of rotatable bonds is 7. The van der Waals surface area contributed by atoms with Crippen molar-refractivity contribution in [3.05, 3.63) is 52.2 Å². The predicted octanol–water partition coefficient (Wildman–Crippen LogP) is 3.64. The van der Waals surface area contributed by atoms with Gasteiger partial charge in [-0.15, -0.1) is 0 Å². The minimum atomic E-state index is 0.0916. The van der Waals surface area contributed by atoms with Crippen molar-refractivity contribution in [2.45, 2.75) is 31.7 Å². The highest BCUT2D eigenvalue weighted by molar-refractivity contribution is 7.07. The minimum absolute atomic E-state index is 0.0916. The van der Waals surface area contributed by atoms with Gasteiger partial charge < -0.3 is 10.1 Å². The van der Waals surface area contributed by atoms with E-state index in [0.717, 1.165) is 24.4 Å². The minimum Gasteiger partial charge on any atom is -0.497 e. The molecule has 0 spiro atoms. The molecule has 2 aromatic rings. The van der Waals surface area contributed by atoms with Crippen LogP contribution in [-0.4, -0.2) is 37.6 Å². The second-order valence-corrected chi connectivity index (χ2v) is 7.28. The van der Waals surface area contributed by atoms with E-state index < -0.39 is 0 Å². The van der Waals surface area contributed by atoms with Crippen LogP contribution in [0.25, 0.3) is 0 Å². The fourth-order valence-electron chi connectivity index (χ4n) is 3.37. The lowest BCUT2D eigenvalue weighted by molar-refractivity contribution is -0.120. The largest absolute Gasteiger partial charge is 0.497 e. The van der Waals surface area contributed by atoms with Gasteiger partial charge in [0.05, 0.1) is 19.6 Å². The number of carbonyl (C=O) groups excluding carboxylic acids is 1. The number of methoxy groups -OCH3 is 1. The van der Waals surface area contributed by atoms with Gasteiger partial charge in [-0.3, -0.25) is 9.69 Å². The summed E-state index contributed by atoms with van der Waals surface area (Å²) in [5, 5.41) is 7.18. The summed E-state index contributed by atoms with van der Waals surface area (Å²) in [4.78, 5) is 14.8. The highest BCUT2D eigenvalue weighted by Crippen LogP contribution is 2.26. The highest BCUT2D eigenvalue weighted by Gasteiger charge is 2.23. The van der Waals surface area contributed by atoms with Gasteiger partial charge in [-0.1, -0.05) is 18.6 Å². The Morgan fingerprint density at radius 3 is 2.60 bits per heavy atom. The maximum absolute atomic E-state index is 12.3. The van der Waals surface area contributed by atoms with E-state index in [-0.39, 0.29) is 11.9 Å². The normalized spacial score (nSPS) is 16.4. The quantitative estimate of drug-likeness (QED) is 0.821. The van der Waals surface area contributed by atoms with Crippen molar-refractivity contribution < 1.29 is 9.53 Å². The molecule has 1 fully saturated rings. The van der Waals surface area contributed by atoms with Gasteiger partial charge >= 0.3 is 0 Å². The molecule has 0 radical (unpaired) electrons. The Morgan fingerprint density at radius 2 is 1.96 bits per heavy atom. The molecule has 1 atom stereocenters. The molecule has 0 bridgehead atoms. The first kappa shape index (κ1) is 18.0. The number of likely N-dealkylation sites (tertiary alicyclic amines) is 1. The van der Waals surface area contributed by atoms with Crippen molar-refractivity contribution in [1.82, 2.24) is 10.2 Å². The number of hydrogen-bond donors (Lipinski definition) is 1. The van der Waals surface area contributed by atoms with Crippen molar-refractivity contribution in [2.75, 3.05) is 26.7 Å². The summed E-state index contributed by atoms with van der Waals surface area (Å²) in [7, 11) is 1.68. The van der Waals surface area contributed by atoms with Crippen LogP contribution >= 0.6 is 11.3 Å². The average Bonchev–Trinajstić information content (AvgIpc) is 3.16. The molecule has 3 rings (SSSR count). The van der Waals surface area contributed by atoms with Crippen LogP contribution in [0.1, 0.15) is 36.4 Å². The Kier molecular flexibility index (Phi) is 6.48. The van der Waals surface area contributed by atoms with Gasteiger partial charge in [-0.05, 0) is 66.0 Å². The third-order valence-corrected chi connectivity index (χ3v) is 5.50. The van der Waals surface area contributed by atoms with Crippen LogP contribution in [0, 0.1) is 0 Å². The highest BCUT2D eigenvalue weighted by atomic mass is 32.1. The van der Waals surface area contributed by atoms with Gasteiger partial charge in [-0.2, -0.15) is 11.3 Å². The van der Waals surface area contributed by atoms with Crippen LogP contribution in [0.2, 0.25) is 0 Å². The molecule has 0 unspecified atom stereocenters. The Bertz CT molecular complexity index is 649. The fraction of sp³-hybridized carbons (Fsp3) is 0.450. The van der Waals surface area contributed by atoms with Crippen LogP contribution < -0.4 is 10.1 Å². The van der Waals surface area contributed by atoms with Gasteiger partial charge in [0.15, 0.2) is 0 Å². The first-order valence-corrected chi connectivity index (χ1v) is 9.86. The molecule has 134 valence electrons. The molecule has 1 N–H and O–H groups in total. The van der Waals surface area contributed by atoms with Crippen molar-refractivity contribution in [2.24, 2.45) is 0 Å². The molecule has 1 amide bonds. The van der Waals surface area contributed by atoms with Crippen molar-refractivity contribution >= 4 is 17.2 Å². The molecule has 25 heavy (non-hydrogen) atoms. The summed E-state index contributed by atoms with van der Waals surface area (Å²) in [6, 6.07) is 10.5. The first-order chi connectivity index (χ1) is 12.3. The molecule has 2 heterocycles. The number of nitrogens with zero attached hydrogens (tertiary/aromatic N) is 1. The third kappa shape index (κ3) is 5.06. The van der Waals surface area contributed by atoms with Gasteiger partial charge in [0.2, 0.25) is 5.91 Å². The standard InChI is InChI=1S/C20H26N2O2S/c1-24-18-7-5-17(6-8-18)19(22-10-3-2-4-11-22)14-21-20(23)13-16-9-12-25-15-16/h5-9,12,15,19H,2-4,10-11,13-14H2,1H3,(H,21,23)/t19-/m1/s1. The molecule has 1 aliphatic heterocycles. The van der Waals surface area contributed by atoms with Crippen LogP contribution in [0.3, 0.4) is 0 Å². The molecular formula is C20H26N2O2S. The molecule has 0 saturated carbocycles. The zero-order chi connectivity index (χ0) is 17.5. The van der Waals surface area contributed by atoms with Gasteiger partial charge in [0, 0.05) is 6.54 Å². The number of benzene rings is 1. The van der Waals surface area contributed by atoms with Crippen molar-refractivity contribution in [3.8, 4) is 5.75 Å². The Hall–Kier alpha value is -1.85. The van der Waals surface area contributed by atoms with Crippen LogP contribution in [0.15, 0.2) is 41.1 Å². The van der Waals surface area contributed by atoms with E-state index in [1.165, 1.54) is 24.8 Å². The van der Waals surface area contributed by atoms with E-state index in [1.807, 2.05) is 29.0 Å². The summed E-state index contributed by atoms with van der Waals surface area (Å²) in [5.74, 6) is 0.955. The molecule has 1 aromatic heterocycles. The topological polar surface area (TPSA) is 41.6 Å². The third-order valence-electron chi connectivity index (χ3n) is 4.77. The molecule has 5 heteroatoms. The van der Waals surface area contributed by atoms with Crippen molar-refractivity contribution in [1.29, 1.82) is 0 Å². The van der Waals surface area contributed by atoms with Crippen LogP contribution in [-0.2, 0) is 11.2 Å². The zero-order valence-electron chi connectivity index (χ0n) is 14.7. The maximum Gasteiger partial charge on any atom is 0.224 e. The molecule has 1 aromatic carbocycles. The van der Waals surface area contributed by atoms with Crippen LogP contribution in [0.5, 0.6) is 5.75 Å². The van der Waals surface area contributed by atoms with Crippen molar-refractivity contribution in [3.63, 3.8) is 0 Å². The maximum atomic E-state index is 12.3. The fourth-order valence-corrected chi connectivity index (χ4v) is 4.03. The van der Waals surface area contributed by atoms with Gasteiger partial charge in [0.1, 0.15) is 5.75 Å². The lowest BCUT2D eigenvalue weighted by Gasteiger charge is -2.35. The summed E-state index contributed by atoms with van der Waals surface area (Å²) in [5.41, 5.74) is 2.32. The summed E-state index contributed by atoms with van der Waals surface area (Å²) >= 11 is 1.63. The molecular weight excluding hydrogens is 332 g/mol. The van der Waals surface area contributed by atoms with Gasteiger partial charge in [0.25, 0.3) is 0 Å². The number of piperidine rings is 1. The smallest absolute Gasteiger partial charge is 0.224 e. The molecule has 0 aliphatic carbocycles. The number of ether oxygens (including phenoxy) is 1. The first-order valence-electron chi connectivity index (χ1n) is 8.92. The number of carbonyl (C=O) groups is 1. The lowest BCUT2D eigenvalue weighted by Crippen LogP contribution is -2.41. The Labute approximate surface area is 153 Å². The van der Waals surface area contributed by atoms with E-state index >= 15 is 0 Å². The average molecular weight is 359 g/mol. The predicted molar refractivity (Wildman–Crippen MR) is 102 cm³/mol. The molecule has 4 nitrogen and oxygen atoms in total. The summed E-state index contributed by atoms with van der Waals surface area (Å²) < 4.78 is 5.27. The SMILES string of the molecule is COc1ccc([C@@H](CNC(=O)Cc2ccsc2)N2CCCCC2)cc1. The summed E-state index contributed by atoms with van der Waals surface area (Å²) in [6.45, 7) is 2.84. The Morgan fingerprint density at radius 1 is 1.20 bits per heavy atom. The van der Waals surface area contributed by atoms with E-state index in [2.05, 4.69) is 22.3 Å². The molecule has 1 aliphatic rings. The second kappa shape index (κ2) is 9.02. The van der Waals surface area contributed by atoms with E-state index in [4.69, 9.17) is 4.74 Å². The molecule has 1 saturated heterocycles. The van der Waals surface area contributed by atoms with Crippen LogP contribution in [0.4, 0.5) is 0 Å². The second-order valence-electron chi connectivity index (χ2n) is 6.50. The zero-order valence-corrected chi connectivity index (χ0v) is 15.6. The number of nitrogens with one attached hydrogen (secondary N) is 1. The number of thiophene rings is 1. The summed E-state index contributed by atoms with van der Waals surface area (Å²) in [6.07, 6.45) is 4.22. The van der Waals surface area contributed by atoms with E-state index in [0.29, 0.717) is 13.0 Å². The van der Waals surface area contributed by atoms with E-state index in [1.54, 1.807) is 18.4 Å². The number of amides is 1. The number of hydrogen-bond acceptors (Lipinski definition) is 4. The lowest BCUT2D eigenvalue weighted by atomic mass is 10.0. The van der Waals surface area contributed by atoms with Gasteiger partial charge in [-0.25, -0.2) is 0 Å². The Balaban J connectivity index is 1.65. The van der Waals surface area contributed by atoms with E-state index in [9.17, 15) is 4.79 Å².